The van der Waals surface area contributed by atoms with Gasteiger partial charge < -0.3 is 10.2 Å². The lowest BCUT2D eigenvalue weighted by Crippen LogP contribution is -2.46. The van der Waals surface area contributed by atoms with Gasteiger partial charge in [-0.2, -0.15) is 0 Å². The molecule has 5 nitrogen and oxygen atoms in total. The first-order valence-electron chi connectivity index (χ1n) is 10.9. The van der Waals surface area contributed by atoms with Crippen molar-refractivity contribution in [3.8, 4) is 0 Å². The number of piperazine rings is 1. The molecular formula is C25H22Cl4N4OS. The van der Waals surface area contributed by atoms with E-state index in [2.05, 4.69) is 26.5 Å². The minimum absolute atomic E-state index is 0.137. The first-order valence-corrected chi connectivity index (χ1v) is 12.8. The van der Waals surface area contributed by atoms with E-state index >= 15 is 0 Å². The SMILES string of the molecule is O=C(NC(=S)Nc1ccc(N2CCN(Cc3ccccc3Cl)CC2)c(Cl)c1)c1ccc(Cl)cc1Cl. The minimum atomic E-state index is -0.429. The fourth-order valence-electron chi connectivity index (χ4n) is 3.86. The van der Waals surface area contributed by atoms with Crippen molar-refractivity contribution in [2.45, 2.75) is 6.54 Å². The topological polar surface area (TPSA) is 47.6 Å². The van der Waals surface area contributed by atoms with Crippen LogP contribution in [-0.4, -0.2) is 42.1 Å². The minimum Gasteiger partial charge on any atom is -0.368 e. The average molecular weight is 568 g/mol. The monoisotopic (exact) mass is 566 g/mol. The zero-order valence-corrected chi connectivity index (χ0v) is 22.4. The van der Waals surface area contributed by atoms with E-state index in [0.29, 0.717) is 15.7 Å². The van der Waals surface area contributed by atoms with Crippen LogP contribution in [0.15, 0.2) is 60.7 Å². The number of hydrogen-bond donors (Lipinski definition) is 2. The Morgan fingerprint density at radius 1 is 0.857 bits per heavy atom. The molecule has 10 heteroatoms. The molecule has 4 rings (SSSR count). The van der Waals surface area contributed by atoms with Gasteiger partial charge in [-0.3, -0.25) is 15.0 Å². The van der Waals surface area contributed by atoms with Crippen LogP contribution in [0, 0.1) is 0 Å². The molecule has 0 aliphatic carbocycles. The number of nitrogens with zero attached hydrogens (tertiary/aromatic N) is 2. The summed E-state index contributed by atoms with van der Waals surface area (Å²) < 4.78 is 0. The second-order valence-electron chi connectivity index (χ2n) is 8.05. The van der Waals surface area contributed by atoms with Crippen LogP contribution in [0.3, 0.4) is 0 Å². The third kappa shape index (κ3) is 6.79. The Kier molecular flexibility index (Phi) is 8.76. The lowest BCUT2D eigenvalue weighted by molar-refractivity contribution is 0.0978. The van der Waals surface area contributed by atoms with Gasteiger partial charge in [0.05, 0.1) is 21.3 Å². The van der Waals surface area contributed by atoms with Gasteiger partial charge in [0.15, 0.2) is 5.11 Å². The number of nitrogens with one attached hydrogen (secondary N) is 2. The van der Waals surface area contributed by atoms with Crippen molar-refractivity contribution in [3.63, 3.8) is 0 Å². The van der Waals surface area contributed by atoms with Crippen LogP contribution in [0.4, 0.5) is 11.4 Å². The van der Waals surface area contributed by atoms with E-state index < -0.39 is 5.91 Å². The number of hydrogen-bond acceptors (Lipinski definition) is 4. The van der Waals surface area contributed by atoms with Gasteiger partial charge in [-0.05, 0) is 60.2 Å². The molecule has 0 atom stereocenters. The summed E-state index contributed by atoms with van der Waals surface area (Å²) in [6.07, 6.45) is 0. The molecule has 0 spiro atoms. The van der Waals surface area contributed by atoms with Crippen LogP contribution in [0.1, 0.15) is 15.9 Å². The van der Waals surface area contributed by atoms with Gasteiger partial charge in [-0.25, -0.2) is 0 Å². The van der Waals surface area contributed by atoms with Crippen molar-refractivity contribution in [2.75, 3.05) is 36.4 Å². The molecule has 1 fully saturated rings. The van der Waals surface area contributed by atoms with E-state index in [0.717, 1.165) is 49.0 Å². The summed E-state index contributed by atoms with van der Waals surface area (Å²) in [4.78, 5) is 17.1. The molecule has 3 aromatic rings. The summed E-state index contributed by atoms with van der Waals surface area (Å²) in [6.45, 7) is 4.35. The number of carbonyl (C=O) groups is 1. The highest BCUT2D eigenvalue weighted by molar-refractivity contribution is 7.80. The van der Waals surface area contributed by atoms with E-state index in [1.165, 1.54) is 6.07 Å². The average Bonchev–Trinajstić information content (AvgIpc) is 2.81. The third-order valence-electron chi connectivity index (χ3n) is 5.67. The molecule has 0 aromatic heterocycles. The molecule has 35 heavy (non-hydrogen) atoms. The summed E-state index contributed by atoms with van der Waals surface area (Å²) in [7, 11) is 0. The predicted molar refractivity (Wildman–Crippen MR) is 151 cm³/mol. The number of carbonyl (C=O) groups excluding carboxylic acids is 1. The van der Waals surface area contributed by atoms with Crippen LogP contribution < -0.4 is 15.5 Å². The zero-order chi connectivity index (χ0) is 24.9. The second kappa shape index (κ2) is 11.8. The number of thiocarbonyl (C=S) groups is 1. The Labute approximate surface area is 229 Å². The van der Waals surface area contributed by atoms with Crippen molar-refractivity contribution in [3.05, 3.63) is 91.9 Å². The predicted octanol–water partition coefficient (Wildman–Crippen LogP) is 6.75. The normalized spacial score (nSPS) is 14.0. The molecule has 3 aromatic carbocycles. The van der Waals surface area contributed by atoms with E-state index in [9.17, 15) is 4.79 Å². The smallest absolute Gasteiger partial charge is 0.258 e. The van der Waals surface area contributed by atoms with Gasteiger partial charge in [-0.1, -0.05) is 64.6 Å². The molecule has 0 unspecified atom stereocenters. The summed E-state index contributed by atoms with van der Waals surface area (Å²) in [5.74, 6) is -0.429. The number of anilines is 2. The molecule has 1 heterocycles. The van der Waals surface area contributed by atoms with Crippen LogP contribution in [0.25, 0.3) is 0 Å². The molecule has 1 aliphatic heterocycles. The van der Waals surface area contributed by atoms with Crippen molar-refractivity contribution in [1.29, 1.82) is 0 Å². The highest BCUT2D eigenvalue weighted by Gasteiger charge is 2.20. The second-order valence-corrected chi connectivity index (χ2v) is 10.1. The van der Waals surface area contributed by atoms with Crippen LogP contribution >= 0.6 is 58.6 Å². The Balaban J connectivity index is 1.32. The number of halogens is 4. The highest BCUT2D eigenvalue weighted by Crippen LogP contribution is 2.30. The fourth-order valence-corrected chi connectivity index (χ4v) is 5.06. The number of benzene rings is 3. The van der Waals surface area contributed by atoms with E-state index in [1.54, 1.807) is 18.2 Å². The maximum Gasteiger partial charge on any atom is 0.258 e. The summed E-state index contributed by atoms with van der Waals surface area (Å²) >= 11 is 30.2. The Morgan fingerprint density at radius 2 is 1.60 bits per heavy atom. The molecule has 1 amide bonds. The maximum atomic E-state index is 12.5. The zero-order valence-electron chi connectivity index (χ0n) is 18.5. The molecule has 182 valence electrons. The molecule has 1 saturated heterocycles. The number of amides is 1. The Hall–Kier alpha value is -2.06. The van der Waals surface area contributed by atoms with Crippen LogP contribution in [-0.2, 0) is 6.54 Å². The molecule has 0 bridgehead atoms. The van der Waals surface area contributed by atoms with Crippen molar-refractivity contribution >= 4 is 81.0 Å². The van der Waals surface area contributed by atoms with Gasteiger partial charge in [0.1, 0.15) is 0 Å². The van der Waals surface area contributed by atoms with Crippen LogP contribution in [0.5, 0.6) is 0 Å². The lowest BCUT2D eigenvalue weighted by Gasteiger charge is -2.36. The summed E-state index contributed by atoms with van der Waals surface area (Å²) in [5.41, 5.74) is 3.04. The van der Waals surface area contributed by atoms with Crippen LogP contribution in [0.2, 0.25) is 20.1 Å². The largest absolute Gasteiger partial charge is 0.368 e. The van der Waals surface area contributed by atoms with E-state index in [4.69, 9.17) is 58.6 Å². The fraction of sp³-hybridized carbons (Fsp3) is 0.200. The third-order valence-corrected chi connectivity index (χ3v) is 7.10. The lowest BCUT2D eigenvalue weighted by atomic mass is 10.2. The van der Waals surface area contributed by atoms with Crippen molar-refractivity contribution in [1.82, 2.24) is 10.2 Å². The van der Waals surface area contributed by atoms with Gasteiger partial charge in [0.25, 0.3) is 5.91 Å². The van der Waals surface area contributed by atoms with Gasteiger partial charge >= 0.3 is 0 Å². The first kappa shape index (κ1) is 26.0. The standard InChI is InChI=1S/C25H22Cl4N4OS/c26-17-5-7-19(21(28)13-17)24(34)31-25(35)30-18-6-8-23(22(29)14-18)33-11-9-32(10-12-33)15-16-3-1-2-4-20(16)27/h1-8,13-14H,9-12,15H2,(H2,30,31,34,35). The van der Waals surface area contributed by atoms with E-state index in [1.807, 2.05) is 30.3 Å². The summed E-state index contributed by atoms with van der Waals surface area (Å²) in [5, 5.41) is 7.84. The Bertz CT molecular complexity index is 1250. The maximum absolute atomic E-state index is 12.5. The first-order chi connectivity index (χ1) is 16.8. The quantitative estimate of drug-likeness (QED) is 0.334. The van der Waals surface area contributed by atoms with E-state index in [-0.39, 0.29) is 15.7 Å². The van der Waals surface area contributed by atoms with Gasteiger partial charge in [0, 0.05) is 48.5 Å². The molecule has 1 aliphatic rings. The number of rotatable bonds is 5. The molecule has 0 radical (unpaired) electrons. The molecule has 2 N–H and O–H groups in total. The van der Waals surface area contributed by atoms with Gasteiger partial charge in [0.2, 0.25) is 0 Å². The van der Waals surface area contributed by atoms with Gasteiger partial charge in [-0.15, -0.1) is 0 Å². The molecular weight excluding hydrogens is 546 g/mol. The highest BCUT2D eigenvalue weighted by atomic mass is 35.5. The molecule has 0 saturated carbocycles. The van der Waals surface area contributed by atoms with Crippen molar-refractivity contribution < 1.29 is 4.79 Å². The van der Waals surface area contributed by atoms with Crippen molar-refractivity contribution in [2.24, 2.45) is 0 Å². The Morgan fingerprint density at radius 3 is 2.29 bits per heavy atom. The summed E-state index contributed by atoms with van der Waals surface area (Å²) in [6, 6.07) is 18.2.